The molecule has 0 bridgehead atoms. The molecular weight excluding hydrogens is 296 g/mol. The van der Waals surface area contributed by atoms with E-state index in [-0.39, 0.29) is 11.2 Å². The fourth-order valence-electron chi connectivity index (χ4n) is 2.19. The lowest BCUT2D eigenvalue weighted by atomic mass is 10.1. The molecule has 1 unspecified atom stereocenters. The van der Waals surface area contributed by atoms with Crippen LogP contribution in [0, 0.1) is 0 Å². The van der Waals surface area contributed by atoms with Gasteiger partial charge >= 0.3 is 0 Å². The maximum atomic E-state index is 12.5. The summed E-state index contributed by atoms with van der Waals surface area (Å²) in [4.78, 5) is 17.0. The molecular formula is C16H20N4OS. The van der Waals surface area contributed by atoms with E-state index in [0.717, 1.165) is 37.1 Å². The number of thioether (sulfide) groups is 1. The molecule has 3 rings (SSSR count). The monoisotopic (exact) mass is 316 g/mol. The summed E-state index contributed by atoms with van der Waals surface area (Å²) in [5.41, 5.74) is 0.979. The summed E-state index contributed by atoms with van der Waals surface area (Å²) in [6.07, 6.45) is 4.06. The summed E-state index contributed by atoms with van der Waals surface area (Å²) in [6, 6.07) is 10.2. The van der Waals surface area contributed by atoms with E-state index >= 15 is 0 Å². The number of hydrogen-bond donors (Lipinski definition) is 2. The molecule has 0 aliphatic heterocycles. The molecule has 1 saturated carbocycles. The molecule has 1 amide bonds. The van der Waals surface area contributed by atoms with Gasteiger partial charge in [0.2, 0.25) is 11.1 Å². The van der Waals surface area contributed by atoms with E-state index in [1.807, 2.05) is 30.3 Å². The van der Waals surface area contributed by atoms with Gasteiger partial charge in [0, 0.05) is 12.5 Å². The minimum atomic E-state index is -0.313. The lowest BCUT2D eigenvalue weighted by Gasteiger charge is -2.15. The first-order valence-corrected chi connectivity index (χ1v) is 8.57. The van der Waals surface area contributed by atoms with Crippen molar-refractivity contribution in [2.45, 2.75) is 49.1 Å². The van der Waals surface area contributed by atoms with E-state index in [1.54, 1.807) is 0 Å². The van der Waals surface area contributed by atoms with Crippen molar-refractivity contribution in [3.8, 4) is 0 Å². The largest absolute Gasteiger partial charge is 0.352 e. The van der Waals surface area contributed by atoms with Crippen molar-refractivity contribution in [3.05, 3.63) is 41.7 Å². The highest BCUT2D eigenvalue weighted by Crippen LogP contribution is 2.34. The second-order valence-electron chi connectivity index (χ2n) is 5.51. The third-order valence-electron chi connectivity index (χ3n) is 3.49. The summed E-state index contributed by atoms with van der Waals surface area (Å²) in [5, 5.41) is 10.6. The van der Waals surface area contributed by atoms with Gasteiger partial charge in [0.1, 0.15) is 11.1 Å². The first-order chi connectivity index (χ1) is 10.8. The van der Waals surface area contributed by atoms with Crippen molar-refractivity contribution in [3.63, 3.8) is 0 Å². The van der Waals surface area contributed by atoms with E-state index < -0.39 is 0 Å². The van der Waals surface area contributed by atoms with Gasteiger partial charge in [-0.15, -0.1) is 5.10 Å². The summed E-state index contributed by atoms with van der Waals surface area (Å²) in [6.45, 7) is 2.10. The predicted octanol–water partition coefficient (Wildman–Crippen LogP) is 2.87. The smallest absolute Gasteiger partial charge is 0.238 e. The fraction of sp³-hybridized carbons (Fsp3) is 0.438. The van der Waals surface area contributed by atoms with Gasteiger partial charge in [-0.1, -0.05) is 49.0 Å². The second kappa shape index (κ2) is 6.96. The van der Waals surface area contributed by atoms with Crippen molar-refractivity contribution in [1.29, 1.82) is 0 Å². The number of hydrogen-bond acceptors (Lipinski definition) is 4. The molecule has 0 radical (unpaired) electrons. The standard InChI is InChI=1S/C16H20N4OS/c1-2-6-13-18-16(20-19-13)22-14(11-7-4-3-5-8-11)15(21)17-12-9-10-12/h3-5,7-8,12,14H,2,6,9-10H2,1H3,(H,17,21)(H,18,19,20). The molecule has 1 aliphatic rings. The lowest BCUT2D eigenvalue weighted by molar-refractivity contribution is -0.120. The number of nitrogens with zero attached hydrogens (tertiary/aromatic N) is 2. The van der Waals surface area contributed by atoms with Crippen LogP contribution in [-0.4, -0.2) is 27.1 Å². The van der Waals surface area contributed by atoms with Crippen LogP contribution >= 0.6 is 11.8 Å². The molecule has 1 aromatic heterocycles. The fourth-order valence-corrected chi connectivity index (χ4v) is 3.13. The molecule has 1 heterocycles. The number of aromatic amines is 1. The first kappa shape index (κ1) is 15.1. The third kappa shape index (κ3) is 3.88. The van der Waals surface area contributed by atoms with E-state index in [2.05, 4.69) is 27.4 Å². The molecule has 5 nitrogen and oxygen atoms in total. The first-order valence-electron chi connectivity index (χ1n) is 7.69. The average Bonchev–Trinajstić information content (AvgIpc) is 3.23. The molecule has 1 aliphatic carbocycles. The van der Waals surface area contributed by atoms with Gasteiger partial charge in [-0.05, 0) is 24.8 Å². The Morgan fingerprint density at radius 1 is 1.41 bits per heavy atom. The number of nitrogens with one attached hydrogen (secondary N) is 2. The Morgan fingerprint density at radius 3 is 2.86 bits per heavy atom. The molecule has 2 N–H and O–H groups in total. The highest BCUT2D eigenvalue weighted by atomic mass is 32.2. The zero-order valence-corrected chi connectivity index (χ0v) is 13.4. The summed E-state index contributed by atoms with van der Waals surface area (Å²) in [7, 11) is 0. The SMILES string of the molecule is CCCc1nc(SC(C(=O)NC2CC2)c2ccccc2)n[nH]1. The highest BCUT2D eigenvalue weighted by molar-refractivity contribution is 8.00. The molecule has 1 atom stereocenters. The minimum Gasteiger partial charge on any atom is -0.352 e. The van der Waals surface area contributed by atoms with Crippen LogP contribution in [0.3, 0.4) is 0 Å². The number of amides is 1. The molecule has 22 heavy (non-hydrogen) atoms. The van der Waals surface area contributed by atoms with Crippen LogP contribution in [0.5, 0.6) is 0 Å². The van der Waals surface area contributed by atoms with Crippen molar-refractivity contribution in [1.82, 2.24) is 20.5 Å². The Hall–Kier alpha value is -1.82. The zero-order valence-electron chi connectivity index (χ0n) is 12.6. The molecule has 0 saturated heterocycles. The molecule has 0 spiro atoms. The van der Waals surface area contributed by atoms with Crippen LogP contribution in [0.2, 0.25) is 0 Å². The van der Waals surface area contributed by atoms with Gasteiger partial charge in [0.25, 0.3) is 0 Å². The van der Waals surface area contributed by atoms with Crippen LogP contribution < -0.4 is 5.32 Å². The van der Waals surface area contributed by atoms with Gasteiger partial charge in [-0.3, -0.25) is 9.89 Å². The van der Waals surface area contributed by atoms with Gasteiger partial charge in [-0.25, -0.2) is 4.98 Å². The Bertz CT molecular complexity index is 624. The van der Waals surface area contributed by atoms with Crippen molar-refractivity contribution >= 4 is 17.7 Å². The van der Waals surface area contributed by atoms with Crippen LogP contribution in [0.1, 0.15) is 42.8 Å². The number of aromatic nitrogens is 3. The van der Waals surface area contributed by atoms with Gasteiger partial charge in [0.05, 0.1) is 0 Å². The van der Waals surface area contributed by atoms with Crippen LogP contribution in [0.15, 0.2) is 35.5 Å². The normalized spacial score (nSPS) is 15.5. The molecule has 116 valence electrons. The van der Waals surface area contributed by atoms with Crippen molar-refractivity contribution in [2.24, 2.45) is 0 Å². The number of carbonyl (C=O) groups is 1. The van der Waals surface area contributed by atoms with E-state index in [0.29, 0.717) is 11.2 Å². The van der Waals surface area contributed by atoms with E-state index in [4.69, 9.17) is 0 Å². The van der Waals surface area contributed by atoms with Gasteiger partial charge in [0.15, 0.2) is 0 Å². The summed E-state index contributed by atoms with van der Waals surface area (Å²) >= 11 is 1.40. The number of benzene rings is 1. The molecule has 2 aromatic rings. The zero-order chi connectivity index (χ0) is 15.4. The number of aryl methyl sites for hydroxylation is 1. The van der Waals surface area contributed by atoms with Crippen LogP contribution in [-0.2, 0) is 11.2 Å². The maximum absolute atomic E-state index is 12.5. The summed E-state index contributed by atoms with van der Waals surface area (Å²) in [5.74, 6) is 0.917. The van der Waals surface area contributed by atoms with Crippen molar-refractivity contribution < 1.29 is 4.79 Å². The number of H-pyrrole nitrogens is 1. The second-order valence-corrected chi connectivity index (χ2v) is 6.58. The van der Waals surface area contributed by atoms with Crippen molar-refractivity contribution in [2.75, 3.05) is 0 Å². The Kier molecular flexibility index (Phi) is 4.77. The maximum Gasteiger partial charge on any atom is 0.238 e. The number of carbonyl (C=O) groups excluding carboxylic acids is 1. The van der Waals surface area contributed by atoms with Gasteiger partial charge in [-0.2, -0.15) is 0 Å². The number of rotatable bonds is 7. The predicted molar refractivity (Wildman–Crippen MR) is 86.6 cm³/mol. The van der Waals surface area contributed by atoms with Crippen LogP contribution in [0.25, 0.3) is 0 Å². The Morgan fingerprint density at radius 2 is 2.18 bits per heavy atom. The minimum absolute atomic E-state index is 0.0422. The molecule has 1 fully saturated rings. The lowest BCUT2D eigenvalue weighted by Crippen LogP contribution is -2.29. The quantitative estimate of drug-likeness (QED) is 0.771. The average molecular weight is 316 g/mol. The Balaban J connectivity index is 1.76. The molecule has 6 heteroatoms. The Labute approximate surface area is 134 Å². The van der Waals surface area contributed by atoms with E-state index in [9.17, 15) is 4.79 Å². The van der Waals surface area contributed by atoms with E-state index in [1.165, 1.54) is 11.8 Å². The van der Waals surface area contributed by atoms with Gasteiger partial charge < -0.3 is 5.32 Å². The highest BCUT2D eigenvalue weighted by Gasteiger charge is 2.29. The topological polar surface area (TPSA) is 70.7 Å². The van der Waals surface area contributed by atoms with Crippen LogP contribution in [0.4, 0.5) is 0 Å². The third-order valence-corrected chi connectivity index (χ3v) is 4.60. The summed E-state index contributed by atoms with van der Waals surface area (Å²) < 4.78 is 0. The molecule has 1 aromatic carbocycles.